The fourth-order valence-electron chi connectivity index (χ4n) is 9.80. The normalized spacial score (nSPS) is 25.8. The molecule has 12 heteroatoms. The standard InChI is InChI=1S/C42H49F2N5O5/c1-5-28-30(43)11-10-26-21-27(50)22-29(32(26)28)35-34(44)36-33(38(45-35)52-4)37(49-18-7-12-41(3,51)24-49)47-39(46-36)54-25-42-13-6-9-31(42)48(17-8-14-42)23-40(2)15-19-53-20-16-40/h1,10-11,21-22,31,50-51H,6-9,12-20,23-25H2,2-4H3/t31-,41-,42-/m1/s1. The number of β-amino-alcohol motifs (C(OH)–C–C–N with tert-alkyl or cyclic N) is 1. The number of hydrogen-bond donors (Lipinski definition) is 2. The van der Waals surface area contributed by atoms with Crippen molar-refractivity contribution in [3.05, 3.63) is 41.5 Å². The number of rotatable bonds is 8. The van der Waals surface area contributed by atoms with Crippen LogP contribution in [0.4, 0.5) is 14.6 Å². The van der Waals surface area contributed by atoms with Crippen molar-refractivity contribution in [2.75, 3.05) is 58.0 Å². The molecule has 0 unspecified atom stereocenters. The number of halogens is 2. The van der Waals surface area contributed by atoms with E-state index >= 15 is 8.78 Å². The van der Waals surface area contributed by atoms with Gasteiger partial charge in [-0.05, 0) is 93.8 Å². The first-order valence-electron chi connectivity index (χ1n) is 19.2. The molecule has 3 saturated heterocycles. The molecule has 8 rings (SSSR count). The van der Waals surface area contributed by atoms with Crippen LogP contribution in [0.25, 0.3) is 32.9 Å². The van der Waals surface area contributed by atoms with E-state index in [0.29, 0.717) is 43.2 Å². The average molecular weight is 742 g/mol. The van der Waals surface area contributed by atoms with Crippen LogP contribution >= 0.6 is 0 Å². The summed E-state index contributed by atoms with van der Waals surface area (Å²) in [7, 11) is 1.42. The molecule has 4 aliphatic rings. The number of aromatic nitrogens is 3. The van der Waals surface area contributed by atoms with Gasteiger partial charge in [-0.15, -0.1) is 6.42 Å². The number of likely N-dealkylation sites (tertiary alicyclic amines) is 1. The third-order valence-electron chi connectivity index (χ3n) is 12.5. The third kappa shape index (κ3) is 6.58. The van der Waals surface area contributed by atoms with Gasteiger partial charge in [0.1, 0.15) is 34.0 Å². The van der Waals surface area contributed by atoms with E-state index in [1.165, 1.54) is 31.4 Å². The molecule has 1 aliphatic carbocycles. The predicted octanol–water partition coefficient (Wildman–Crippen LogP) is 7.00. The van der Waals surface area contributed by atoms with Crippen molar-refractivity contribution < 1.29 is 33.2 Å². The lowest BCUT2D eigenvalue weighted by Crippen LogP contribution is -2.55. The van der Waals surface area contributed by atoms with E-state index in [0.717, 1.165) is 71.2 Å². The van der Waals surface area contributed by atoms with Crippen molar-refractivity contribution in [1.29, 1.82) is 0 Å². The summed E-state index contributed by atoms with van der Waals surface area (Å²) in [5.74, 6) is 1.11. The van der Waals surface area contributed by atoms with E-state index in [1.54, 1.807) is 6.92 Å². The summed E-state index contributed by atoms with van der Waals surface area (Å²) in [5, 5.41) is 22.7. The fraction of sp³-hybridized carbons (Fsp3) is 0.548. The number of nitrogens with zero attached hydrogens (tertiary/aromatic N) is 5. The van der Waals surface area contributed by atoms with Crippen LogP contribution in [0.2, 0.25) is 0 Å². The Morgan fingerprint density at radius 1 is 1.00 bits per heavy atom. The second kappa shape index (κ2) is 14.1. The van der Waals surface area contributed by atoms with Gasteiger partial charge in [0, 0.05) is 55.3 Å². The molecule has 10 nitrogen and oxygen atoms in total. The maximum atomic E-state index is 17.3. The number of hydrogen-bond acceptors (Lipinski definition) is 10. The molecule has 2 aromatic heterocycles. The number of aromatic hydroxyl groups is 1. The number of pyridine rings is 1. The Labute approximate surface area is 314 Å². The zero-order chi connectivity index (χ0) is 37.8. The van der Waals surface area contributed by atoms with Crippen LogP contribution in [0.3, 0.4) is 0 Å². The lowest BCUT2D eigenvalue weighted by atomic mass is 9.73. The van der Waals surface area contributed by atoms with Crippen molar-refractivity contribution in [1.82, 2.24) is 19.9 Å². The Morgan fingerprint density at radius 3 is 2.54 bits per heavy atom. The number of benzene rings is 2. The maximum absolute atomic E-state index is 17.3. The van der Waals surface area contributed by atoms with Gasteiger partial charge in [0.25, 0.3) is 0 Å². The van der Waals surface area contributed by atoms with Crippen LogP contribution in [0, 0.1) is 34.8 Å². The van der Waals surface area contributed by atoms with Gasteiger partial charge in [-0.25, -0.2) is 13.8 Å². The van der Waals surface area contributed by atoms with E-state index in [2.05, 4.69) is 22.7 Å². The molecular weight excluding hydrogens is 692 g/mol. The molecule has 54 heavy (non-hydrogen) atoms. The van der Waals surface area contributed by atoms with Gasteiger partial charge in [-0.2, -0.15) is 9.97 Å². The van der Waals surface area contributed by atoms with Crippen LogP contribution in [0.1, 0.15) is 77.2 Å². The first-order valence-corrected chi connectivity index (χ1v) is 19.2. The van der Waals surface area contributed by atoms with Gasteiger partial charge < -0.3 is 29.3 Å². The molecule has 5 heterocycles. The highest BCUT2D eigenvalue weighted by Gasteiger charge is 2.50. The molecule has 0 spiro atoms. The minimum absolute atomic E-state index is 0.0190. The van der Waals surface area contributed by atoms with Gasteiger partial charge in [0.2, 0.25) is 5.88 Å². The molecule has 0 bridgehead atoms. The number of aliphatic hydroxyl groups is 1. The van der Waals surface area contributed by atoms with Crippen LogP contribution < -0.4 is 14.4 Å². The zero-order valence-electron chi connectivity index (χ0n) is 31.4. The van der Waals surface area contributed by atoms with E-state index in [9.17, 15) is 10.2 Å². The number of phenols is 1. The summed E-state index contributed by atoms with van der Waals surface area (Å²) in [5.41, 5.74) is -1.20. The number of fused-ring (bicyclic) bond motifs is 3. The summed E-state index contributed by atoms with van der Waals surface area (Å²) < 4.78 is 50.5. The van der Waals surface area contributed by atoms with E-state index in [4.69, 9.17) is 30.6 Å². The molecule has 3 atom stereocenters. The molecule has 2 aromatic carbocycles. The molecule has 4 aromatic rings. The van der Waals surface area contributed by atoms with Crippen LogP contribution in [-0.2, 0) is 4.74 Å². The number of methoxy groups -OCH3 is 1. The molecule has 286 valence electrons. The molecule has 1 saturated carbocycles. The molecule has 0 amide bonds. The van der Waals surface area contributed by atoms with Crippen molar-refractivity contribution in [3.63, 3.8) is 0 Å². The summed E-state index contributed by atoms with van der Waals surface area (Å²) in [6, 6.07) is 5.83. The van der Waals surface area contributed by atoms with Crippen LogP contribution in [0.5, 0.6) is 17.6 Å². The monoisotopic (exact) mass is 741 g/mol. The van der Waals surface area contributed by atoms with Gasteiger partial charge in [-0.1, -0.05) is 25.3 Å². The maximum Gasteiger partial charge on any atom is 0.319 e. The Bertz CT molecular complexity index is 2130. The number of ether oxygens (including phenoxy) is 3. The number of piperidine rings is 2. The SMILES string of the molecule is C#Cc1c(F)ccc2cc(O)cc(-c3nc(OC)c4c(N5CCC[C@@](C)(O)C5)nc(OC[C@]56CCC[C@H]5N(CC5(C)CCOCC5)CCC6)nc4c3F)c12. The predicted molar refractivity (Wildman–Crippen MR) is 203 cm³/mol. The summed E-state index contributed by atoms with van der Waals surface area (Å²) in [4.78, 5) is 18.8. The third-order valence-corrected chi connectivity index (χ3v) is 12.5. The van der Waals surface area contributed by atoms with Crippen LogP contribution in [-0.4, -0.2) is 94.8 Å². The molecule has 2 N–H and O–H groups in total. The second-order valence-corrected chi connectivity index (χ2v) is 16.6. The summed E-state index contributed by atoms with van der Waals surface area (Å²) in [6.07, 6.45) is 14.5. The highest BCUT2D eigenvalue weighted by molar-refractivity contribution is 6.04. The minimum Gasteiger partial charge on any atom is -0.508 e. The quantitative estimate of drug-likeness (QED) is 0.183. The van der Waals surface area contributed by atoms with Gasteiger partial charge in [0.15, 0.2) is 5.82 Å². The second-order valence-electron chi connectivity index (χ2n) is 16.6. The van der Waals surface area contributed by atoms with Gasteiger partial charge >= 0.3 is 6.01 Å². The number of terminal acetylenes is 1. The Morgan fingerprint density at radius 2 is 1.78 bits per heavy atom. The summed E-state index contributed by atoms with van der Waals surface area (Å²) >= 11 is 0. The zero-order valence-corrected chi connectivity index (χ0v) is 31.4. The fourth-order valence-corrected chi connectivity index (χ4v) is 9.80. The smallest absolute Gasteiger partial charge is 0.319 e. The van der Waals surface area contributed by atoms with Crippen molar-refractivity contribution in [2.45, 2.75) is 83.3 Å². The average Bonchev–Trinajstić information content (AvgIpc) is 3.59. The summed E-state index contributed by atoms with van der Waals surface area (Å²) in [6.45, 7) is 9.05. The molecule has 0 radical (unpaired) electrons. The number of anilines is 1. The van der Waals surface area contributed by atoms with E-state index in [-0.39, 0.29) is 68.1 Å². The first-order chi connectivity index (χ1) is 25.9. The van der Waals surface area contributed by atoms with Crippen molar-refractivity contribution in [2.24, 2.45) is 10.8 Å². The van der Waals surface area contributed by atoms with E-state index in [1.807, 2.05) is 4.90 Å². The molecule has 4 fully saturated rings. The van der Waals surface area contributed by atoms with Crippen molar-refractivity contribution in [3.8, 4) is 41.2 Å². The lowest BCUT2D eigenvalue weighted by molar-refractivity contribution is -0.0453. The Kier molecular flexibility index (Phi) is 9.56. The van der Waals surface area contributed by atoms with Gasteiger partial charge in [0.05, 0.1) is 24.9 Å². The van der Waals surface area contributed by atoms with Gasteiger partial charge in [-0.3, -0.25) is 4.90 Å². The van der Waals surface area contributed by atoms with E-state index < -0.39 is 17.2 Å². The molecule has 3 aliphatic heterocycles. The van der Waals surface area contributed by atoms with Crippen molar-refractivity contribution >= 4 is 27.5 Å². The minimum atomic E-state index is -1.01. The first kappa shape index (κ1) is 36.7. The highest BCUT2D eigenvalue weighted by atomic mass is 19.1. The Hall–Kier alpha value is -4.31. The lowest BCUT2D eigenvalue weighted by Gasteiger charge is -2.49. The Balaban J connectivity index is 1.23. The largest absolute Gasteiger partial charge is 0.508 e. The number of phenolic OH excluding ortho intramolecular Hbond substituents is 1. The highest BCUT2D eigenvalue weighted by Crippen LogP contribution is 2.50. The van der Waals surface area contributed by atoms with Crippen LogP contribution in [0.15, 0.2) is 24.3 Å². The molecular formula is C42H49F2N5O5. The topological polar surface area (TPSA) is 113 Å².